The largest absolute Gasteiger partial charge is 0.368 e. The molecule has 0 unspecified atom stereocenters. The summed E-state index contributed by atoms with van der Waals surface area (Å²) in [7, 11) is -3.61. The molecule has 0 radical (unpaired) electrons. The third-order valence-electron chi connectivity index (χ3n) is 6.58. The fraction of sp³-hybridized carbons (Fsp3) is 0.458. The Labute approximate surface area is 189 Å². The highest BCUT2D eigenvalue weighted by atomic mass is 32.2. The van der Waals surface area contributed by atoms with Crippen LogP contribution in [0.2, 0.25) is 0 Å². The molecule has 2 aliphatic rings. The van der Waals surface area contributed by atoms with E-state index in [-0.39, 0.29) is 16.6 Å². The molecule has 2 aromatic carbocycles. The standard InChI is InChI=1S/C24H30FN3O3S/c1-18-9-11-28(12-10-18)32(30,31)22-8-3-19(2)23(17-22)24(29)27-15-13-26(14-16-27)21-6-4-20(25)5-7-21/h3-8,17-18H,9-16H2,1-2H3. The Bertz CT molecular complexity index is 1070. The number of rotatable bonds is 4. The fourth-order valence-corrected chi connectivity index (χ4v) is 5.85. The Balaban J connectivity index is 1.48. The van der Waals surface area contributed by atoms with Crippen LogP contribution in [0.25, 0.3) is 0 Å². The lowest BCUT2D eigenvalue weighted by Crippen LogP contribution is -2.49. The smallest absolute Gasteiger partial charge is 0.254 e. The zero-order valence-corrected chi connectivity index (χ0v) is 19.4. The third-order valence-corrected chi connectivity index (χ3v) is 8.47. The normalized spacial score (nSPS) is 18.7. The van der Waals surface area contributed by atoms with Gasteiger partial charge in [0, 0.05) is 50.5 Å². The van der Waals surface area contributed by atoms with Gasteiger partial charge >= 0.3 is 0 Å². The van der Waals surface area contributed by atoms with Gasteiger partial charge in [-0.2, -0.15) is 4.31 Å². The van der Waals surface area contributed by atoms with Gasteiger partial charge in [0.15, 0.2) is 0 Å². The fourth-order valence-electron chi connectivity index (χ4n) is 4.36. The first-order valence-corrected chi connectivity index (χ1v) is 12.6. The van der Waals surface area contributed by atoms with Gasteiger partial charge in [0.25, 0.3) is 5.91 Å². The van der Waals surface area contributed by atoms with Crippen LogP contribution < -0.4 is 4.90 Å². The molecule has 0 N–H and O–H groups in total. The van der Waals surface area contributed by atoms with Gasteiger partial charge in [0.1, 0.15) is 5.82 Å². The van der Waals surface area contributed by atoms with E-state index in [1.165, 1.54) is 22.5 Å². The van der Waals surface area contributed by atoms with Gasteiger partial charge in [0.05, 0.1) is 4.90 Å². The highest BCUT2D eigenvalue weighted by Crippen LogP contribution is 2.26. The second kappa shape index (κ2) is 9.19. The van der Waals surface area contributed by atoms with Crippen LogP contribution in [0.5, 0.6) is 0 Å². The zero-order valence-electron chi connectivity index (χ0n) is 18.6. The highest BCUT2D eigenvalue weighted by molar-refractivity contribution is 7.89. The molecule has 0 atom stereocenters. The predicted octanol–water partition coefficient (Wildman–Crippen LogP) is 3.52. The molecule has 0 aliphatic carbocycles. The molecule has 2 heterocycles. The van der Waals surface area contributed by atoms with Gasteiger partial charge in [-0.05, 0) is 67.6 Å². The van der Waals surface area contributed by atoms with E-state index in [0.29, 0.717) is 50.7 Å². The molecule has 0 bridgehead atoms. The zero-order chi connectivity index (χ0) is 22.9. The summed E-state index contributed by atoms with van der Waals surface area (Å²) in [6, 6.07) is 11.2. The summed E-state index contributed by atoms with van der Waals surface area (Å²) in [6.45, 7) is 7.34. The number of hydrogen-bond donors (Lipinski definition) is 0. The van der Waals surface area contributed by atoms with Crippen LogP contribution >= 0.6 is 0 Å². The third kappa shape index (κ3) is 4.66. The van der Waals surface area contributed by atoms with E-state index in [9.17, 15) is 17.6 Å². The number of carbonyl (C=O) groups is 1. The minimum atomic E-state index is -3.61. The Morgan fingerprint density at radius 3 is 2.19 bits per heavy atom. The van der Waals surface area contributed by atoms with Crippen molar-refractivity contribution < 1.29 is 17.6 Å². The van der Waals surface area contributed by atoms with Crippen molar-refractivity contribution >= 4 is 21.6 Å². The number of sulfonamides is 1. The number of aryl methyl sites for hydroxylation is 1. The second-order valence-electron chi connectivity index (χ2n) is 8.82. The van der Waals surface area contributed by atoms with Crippen molar-refractivity contribution in [3.05, 3.63) is 59.4 Å². The number of amides is 1. The average Bonchev–Trinajstić information content (AvgIpc) is 2.80. The maximum atomic E-state index is 13.3. The SMILES string of the molecule is Cc1ccc(S(=O)(=O)N2CCC(C)CC2)cc1C(=O)N1CCN(c2ccc(F)cc2)CC1. The molecule has 2 aromatic rings. The number of piperidine rings is 1. The van der Waals surface area contributed by atoms with E-state index in [4.69, 9.17) is 0 Å². The summed E-state index contributed by atoms with van der Waals surface area (Å²) < 4.78 is 41.0. The molecule has 1 amide bonds. The predicted molar refractivity (Wildman–Crippen MR) is 123 cm³/mol. The first-order valence-electron chi connectivity index (χ1n) is 11.2. The topological polar surface area (TPSA) is 60.9 Å². The first-order chi connectivity index (χ1) is 15.3. The molecule has 6 nitrogen and oxygen atoms in total. The van der Waals surface area contributed by atoms with Gasteiger partial charge in [-0.25, -0.2) is 12.8 Å². The monoisotopic (exact) mass is 459 g/mol. The van der Waals surface area contributed by atoms with Crippen LogP contribution in [0, 0.1) is 18.7 Å². The Kier molecular flexibility index (Phi) is 6.53. The number of halogens is 1. The van der Waals surface area contributed by atoms with Gasteiger partial charge in [-0.3, -0.25) is 4.79 Å². The van der Waals surface area contributed by atoms with Gasteiger partial charge in [-0.15, -0.1) is 0 Å². The molecule has 172 valence electrons. The summed E-state index contributed by atoms with van der Waals surface area (Å²) in [5.41, 5.74) is 2.13. The van der Waals surface area contributed by atoms with Crippen molar-refractivity contribution in [3.63, 3.8) is 0 Å². The summed E-state index contributed by atoms with van der Waals surface area (Å²) in [5.74, 6) is 0.114. The van der Waals surface area contributed by atoms with Crippen LogP contribution in [0.3, 0.4) is 0 Å². The summed E-state index contributed by atoms with van der Waals surface area (Å²) >= 11 is 0. The minimum Gasteiger partial charge on any atom is -0.368 e. The van der Waals surface area contributed by atoms with Crippen molar-refractivity contribution in [2.24, 2.45) is 5.92 Å². The van der Waals surface area contributed by atoms with E-state index in [1.54, 1.807) is 29.2 Å². The molecule has 2 saturated heterocycles. The summed E-state index contributed by atoms with van der Waals surface area (Å²) in [4.78, 5) is 17.3. The van der Waals surface area contributed by atoms with Crippen molar-refractivity contribution in [1.29, 1.82) is 0 Å². The van der Waals surface area contributed by atoms with Crippen LogP contribution in [0.15, 0.2) is 47.4 Å². The number of anilines is 1. The molecule has 4 rings (SSSR count). The van der Waals surface area contributed by atoms with Crippen molar-refractivity contribution in [2.45, 2.75) is 31.6 Å². The van der Waals surface area contributed by atoms with Crippen molar-refractivity contribution in [3.8, 4) is 0 Å². The van der Waals surface area contributed by atoms with Crippen molar-refractivity contribution in [2.75, 3.05) is 44.2 Å². The second-order valence-corrected chi connectivity index (χ2v) is 10.8. The average molecular weight is 460 g/mol. The Morgan fingerprint density at radius 2 is 1.56 bits per heavy atom. The lowest BCUT2D eigenvalue weighted by molar-refractivity contribution is 0.0746. The molecule has 0 saturated carbocycles. The quantitative estimate of drug-likeness (QED) is 0.702. The number of carbonyl (C=O) groups excluding carboxylic acids is 1. The van der Waals surface area contributed by atoms with Crippen molar-refractivity contribution in [1.82, 2.24) is 9.21 Å². The highest BCUT2D eigenvalue weighted by Gasteiger charge is 2.30. The maximum Gasteiger partial charge on any atom is 0.254 e. The van der Waals surface area contributed by atoms with E-state index < -0.39 is 10.0 Å². The maximum absolute atomic E-state index is 13.3. The summed E-state index contributed by atoms with van der Waals surface area (Å²) in [5, 5.41) is 0. The summed E-state index contributed by atoms with van der Waals surface area (Å²) in [6.07, 6.45) is 1.71. The number of benzene rings is 2. The molecule has 2 fully saturated rings. The number of piperazine rings is 1. The van der Waals surface area contributed by atoms with Crippen LogP contribution in [-0.2, 0) is 10.0 Å². The minimum absolute atomic E-state index is 0.148. The van der Waals surface area contributed by atoms with E-state index in [2.05, 4.69) is 11.8 Å². The first kappa shape index (κ1) is 22.7. The molecule has 0 aromatic heterocycles. The Hall–Kier alpha value is -2.45. The molecular formula is C24H30FN3O3S. The lowest BCUT2D eigenvalue weighted by atomic mass is 10.0. The van der Waals surface area contributed by atoms with E-state index in [0.717, 1.165) is 24.1 Å². The molecule has 0 spiro atoms. The molecular weight excluding hydrogens is 429 g/mol. The number of hydrogen-bond acceptors (Lipinski definition) is 4. The van der Waals surface area contributed by atoms with E-state index in [1.807, 2.05) is 6.92 Å². The molecule has 32 heavy (non-hydrogen) atoms. The van der Waals surface area contributed by atoms with E-state index >= 15 is 0 Å². The Morgan fingerprint density at radius 1 is 0.938 bits per heavy atom. The van der Waals surface area contributed by atoms with Gasteiger partial charge < -0.3 is 9.80 Å². The lowest BCUT2D eigenvalue weighted by Gasteiger charge is -2.36. The van der Waals surface area contributed by atoms with Crippen LogP contribution in [0.4, 0.5) is 10.1 Å². The number of nitrogens with zero attached hydrogens (tertiary/aromatic N) is 3. The van der Waals surface area contributed by atoms with Gasteiger partial charge in [0.2, 0.25) is 10.0 Å². The van der Waals surface area contributed by atoms with Crippen LogP contribution in [-0.4, -0.2) is 62.8 Å². The van der Waals surface area contributed by atoms with Crippen LogP contribution in [0.1, 0.15) is 35.7 Å². The molecule has 8 heteroatoms. The molecule has 2 aliphatic heterocycles. The van der Waals surface area contributed by atoms with Gasteiger partial charge in [-0.1, -0.05) is 13.0 Å².